The molecular formula is C18H20N2O. The van der Waals surface area contributed by atoms with Gasteiger partial charge in [0.25, 0.3) is 0 Å². The molecule has 1 aliphatic rings. The van der Waals surface area contributed by atoms with Gasteiger partial charge in [-0.3, -0.25) is 4.79 Å². The molecule has 1 amide bonds. The van der Waals surface area contributed by atoms with Crippen LogP contribution in [0.15, 0.2) is 48.5 Å². The molecule has 1 unspecified atom stereocenters. The van der Waals surface area contributed by atoms with Crippen molar-refractivity contribution in [3.63, 3.8) is 0 Å². The Morgan fingerprint density at radius 2 is 2.00 bits per heavy atom. The van der Waals surface area contributed by atoms with Gasteiger partial charge in [0.05, 0.1) is 0 Å². The molecule has 3 nitrogen and oxygen atoms in total. The summed E-state index contributed by atoms with van der Waals surface area (Å²) in [5.41, 5.74) is 4.88. The molecule has 0 spiro atoms. The minimum Gasteiger partial charge on any atom is -0.326 e. The number of hydrogen-bond donors (Lipinski definition) is 2. The third-order valence-electron chi connectivity index (χ3n) is 3.94. The van der Waals surface area contributed by atoms with Crippen LogP contribution in [0.25, 0.3) is 0 Å². The first-order valence-corrected chi connectivity index (χ1v) is 7.40. The quantitative estimate of drug-likeness (QED) is 0.901. The monoisotopic (exact) mass is 280 g/mol. The standard InChI is InChI=1S/C18H20N2O/c1-13(21)20-16-9-7-15-8-10-18(17(15)11-16)19-12-14-5-3-2-4-6-14/h2-7,9,11,18-19H,8,10,12H2,1H3,(H,20,21). The van der Waals surface area contributed by atoms with Crippen LogP contribution in [0.5, 0.6) is 0 Å². The Kier molecular flexibility index (Phi) is 4.02. The molecule has 2 aromatic carbocycles. The first-order chi connectivity index (χ1) is 10.2. The lowest BCUT2D eigenvalue weighted by Crippen LogP contribution is -2.18. The molecule has 0 saturated carbocycles. The molecule has 1 aliphatic carbocycles. The van der Waals surface area contributed by atoms with Crippen LogP contribution in [0, 0.1) is 0 Å². The summed E-state index contributed by atoms with van der Waals surface area (Å²) in [6.45, 7) is 2.41. The summed E-state index contributed by atoms with van der Waals surface area (Å²) in [6.07, 6.45) is 2.22. The van der Waals surface area contributed by atoms with Gasteiger partial charge in [0.2, 0.25) is 5.91 Å². The fourth-order valence-electron chi connectivity index (χ4n) is 2.93. The van der Waals surface area contributed by atoms with Crippen LogP contribution in [0.4, 0.5) is 5.69 Å². The number of carbonyl (C=O) groups excluding carboxylic acids is 1. The number of amides is 1. The van der Waals surface area contributed by atoms with Crippen LogP contribution in [-0.4, -0.2) is 5.91 Å². The molecule has 2 N–H and O–H groups in total. The zero-order valence-corrected chi connectivity index (χ0v) is 12.2. The molecule has 3 rings (SSSR count). The Hall–Kier alpha value is -2.13. The Labute approximate surface area is 125 Å². The van der Waals surface area contributed by atoms with E-state index in [1.54, 1.807) is 6.92 Å². The van der Waals surface area contributed by atoms with Crippen molar-refractivity contribution in [2.24, 2.45) is 0 Å². The molecule has 0 aromatic heterocycles. The lowest BCUT2D eigenvalue weighted by molar-refractivity contribution is -0.114. The number of hydrogen-bond acceptors (Lipinski definition) is 2. The van der Waals surface area contributed by atoms with E-state index in [-0.39, 0.29) is 5.91 Å². The molecule has 0 aliphatic heterocycles. The lowest BCUT2D eigenvalue weighted by atomic mass is 10.1. The predicted octanol–water partition coefficient (Wildman–Crippen LogP) is 3.42. The zero-order valence-electron chi connectivity index (χ0n) is 12.2. The van der Waals surface area contributed by atoms with Crippen LogP contribution >= 0.6 is 0 Å². The van der Waals surface area contributed by atoms with Crippen LogP contribution in [0.1, 0.15) is 36.1 Å². The van der Waals surface area contributed by atoms with Crippen molar-refractivity contribution in [3.8, 4) is 0 Å². The fourth-order valence-corrected chi connectivity index (χ4v) is 2.93. The fraction of sp³-hybridized carbons (Fsp3) is 0.278. The number of carbonyl (C=O) groups is 1. The van der Waals surface area contributed by atoms with E-state index in [0.29, 0.717) is 6.04 Å². The van der Waals surface area contributed by atoms with Gasteiger partial charge in [-0.05, 0) is 41.7 Å². The Balaban J connectivity index is 1.71. The van der Waals surface area contributed by atoms with E-state index in [2.05, 4.69) is 47.0 Å². The summed E-state index contributed by atoms with van der Waals surface area (Å²) >= 11 is 0. The molecule has 0 radical (unpaired) electrons. The largest absolute Gasteiger partial charge is 0.326 e. The van der Waals surface area contributed by atoms with Crippen molar-refractivity contribution < 1.29 is 4.79 Å². The number of anilines is 1. The second-order valence-electron chi connectivity index (χ2n) is 5.55. The number of aryl methyl sites for hydroxylation is 1. The van der Waals surface area contributed by atoms with Crippen molar-refractivity contribution in [2.75, 3.05) is 5.32 Å². The first kappa shape index (κ1) is 13.8. The van der Waals surface area contributed by atoms with Crippen LogP contribution in [-0.2, 0) is 17.8 Å². The summed E-state index contributed by atoms with van der Waals surface area (Å²) in [5, 5.41) is 6.48. The van der Waals surface area contributed by atoms with Gasteiger partial charge in [0.15, 0.2) is 0 Å². The normalized spacial score (nSPS) is 16.5. The molecule has 0 fully saturated rings. The van der Waals surface area contributed by atoms with Crippen molar-refractivity contribution in [2.45, 2.75) is 32.4 Å². The molecule has 0 bridgehead atoms. The summed E-state index contributed by atoms with van der Waals surface area (Å²) in [5.74, 6) is -0.0262. The smallest absolute Gasteiger partial charge is 0.221 e. The highest BCUT2D eigenvalue weighted by Crippen LogP contribution is 2.33. The van der Waals surface area contributed by atoms with Crippen molar-refractivity contribution >= 4 is 11.6 Å². The van der Waals surface area contributed by atoms with E-state index in [9.17, 15) is 4.79 Å². The van der Waals surface area contributed by atoms with Crippen molar-refractivity contribution in [1.29, 1.82) is 0 Å². The third-order valence-corrected chi connectivity index (χ3v) is 3.94. The minimum atomic E-state index is -0.0262. The Morgan fingerprint density at radius 3 is 2.76 bits per heavy atom. The summed E-state index contributed by atoms with van der Waals surface area (Å²) in [7, 11) is 0. The molecule has 0 saturated heterocycles. The molecule has 1 atom stereocenters. The highest BCUT2D eigenvalue weighted by molar-refractivity contribution is 5.88. The molecule has 3 heteroatoms. The van der Waals surface area contributed by atoms with E-state index in [0.717, 1.165) is 25.1 Å². The van der Waals surface area contributed by atoms with Gasteiger partial charge >= 0.3 is 0 Å². The maximum absolute atomic E-state index is 11.2. The number of benzene rings is 2. The number of fused-ring (bicyclic) bond motifs is 1. The Bertz CT molecular complexity index is 637. The maximum Gasteiger partial charge on any atom is 0.221 e. The summed E-state index contributed by atoms with van der Waals surface area (Å²) in [6, 6.07) is 17.0. The van der Waals surface area contributed by atoms with Gasteiger partial charge in [-0.1, -0.05) is 36.4 Å². The molecule has 108 valence electrons. The highest BCUT2D eigenvalue weighted by Gasteiger charge is 2.22. The van der Waals surface area contributed by atoms with Gasteiger partial charge in [-0.2, -0.15) is 0 Å². The van der Waals surface area contributed by atoms with Gasteiger partial charge in [0, 0.05) is 25.2 Å². The van der Waals surface area contributed by atoms with Gasteiger partial charge < -0.3 is 10.6 Å². The van der Waals surface area contributed by atoms with Crippen molar-refractivity contribution in [3.05, 3.63) is 65.2 Å². The SMILES string of the molecule is CC(=O)Nc1ccc2c(c1)C(NCc1ccccc1)CC2. The average molecular weight is 280 g/mol. The Morgan fingerprint density at radius 1 is 1.19 bits per heavy atom. The number of rotatable bonds is 4. The van der Waals surface area contributed by atoms with E-state index >= 15 is 0 Å². The molecule has 21 heavy (non-hydrogen) atoms. The predicted molar refractivity (Wildman–Crippen MR) is 85.1 cm³/mol. The van der Waals surface area contributed by atoms with E-state index in [1.165, 1.54) is 16.7 Å². The third kappa shape index (κ3) is 3.31. The average Bonchev–Trinajstić information content (AvgIpc) is 2.88. The van der Waals surface area contributed by atoms with Crippen LogP contribution in [0.3, 0.4) is 0 Å². The molecular weight excluding hydrogens is 260 g/mol. The summed E-state index contributed by atoms with van der Waals surface area (Å²) < 4.78 is 0. The minimum absolute atomic E-state index is 0.0262. The lowest BCUT2D eigenvalue weighted by Gasteiger charge is -2.15. The molecule has 2 aromatic rings. The van der Waals surface area contributed by atoms with Crippen molar-refractivity contribution in [1.82, 2.24) is 5.32 Å². The first-order valence-electron chi connectivity index (χ1n) is 7.40. The molecule has 0 heterocycles. The van der Waals surface area contributed by atoms with E-state index in [4.69, 9.17) is 0 Å². The van der Waals surface area contributed by atoms with Gasteiger partial charge in [-0.25, -0.2) is 0 Å². The summed E-state index contributed by atoms with van der Waals surface area (Å²) in [4.78, 5) is 11.2. The second kappa shape index (κ2) is 6.10. The van der Waals surface area contributed by atoms with E-state index < -0.39 is 0 Å². The van der Waals surface area contributed by atoms with Gasteiger partial charge in [0.1, 0.15) is 0 Å². The zero-order chi connectivity index (χ0) is 14.7. The number of nitrogens with one attached hydrogen (secondary N) is 2. The van der Waals surface area contributed by atoms with Crippen LogP contribution < -0.4 is 10.6 Å². The van der Waals surface area contributed by atoms with Crippen LogP contribution in [0.2, 0.25) is 0 Å². The topological polar surface area (TPSA) is 41.1 Å². The van der Waals surface area contributed by atoms with E-state index in [1.807, 2.05) is 12.1 Å². The second-order valence-corrected chi connectivity index (χ2v) is 5.55. The van der Waals surface area contributed by atoms with Gasteiger partial charge in [-0.15, -0.1) is 0 Å². The maximum atomic E-state index is 11.2. The highest BCUT2D eigenvalue weighted by atomic mass is 16.1.